The number of urea groups is 1. The lowest BCUT2D eigenvalue weighted by molar-refractivity contribution is 0.182. The van der Waals surface area contributed by atoms with Gasteiger partial charge in [0.05, 0.1) is 6.54 Å². The second-order valence-electron chi connectivity index (χ2n) is 5.47. The van der Waals surface area contributed by atoms with Crippen LogP contribution < -0.4 is 5.32 Å². The number of carbonyl (C=O) groups excluding carboxylic acids is 1. The molecule has 0 bridgehead atoms. The monoisotopic (exact) mass is 322 g/mol. The minimum Gasteiger partial charge on any atom is -0.348 e. The van der Waals surface area contributed by atoms with Gasteiger partial charge < -0.3 is 15.1 Å². The number of benzene rings is 1. The fourth-order valence-electron chi connectivity index (χ4n) is 2.51. The molecule has 2 aliphatic heterocycles. The lowest BCUT2D eigenvalue weighted by Crippen LogP contribution is -2.51. The average Bonchev–Trinajstić information content (AvgIpc) is 2.94. The number of amidine groups is 1. The lowest BCUT2D eigenvalue weighted by Gasteiger charge is -2.35. The Balaban J connectivity index is 1.52. The van der Waals surface area contributed by atoms with Crippen LogP contribution in [-0.4, -0.2) is 59.0 Å². The molecule has 3 rings (SSSR count). The van der Waals surface area contributed by atoms with Crippen LogP contribution in [0, 0.1) is 5.82 Å². The molecule has 1 N–H and O–H groups in total. The summed E-state index contributed by atoms with van der Waals surface area (Å²) in [6.07, 6.45) is 0. The molecule has 7 heteroatoms. The fraction of sp³-hybridized carbons (Fsp3) is 0.467. The number of anilines is 1. The van der Waals surface area contributed by atoms with Gasteiger partial charge in [-0.3, -0.25) is 4.99 Å². The van der Waals surface area contributed by atoms with E-state index < -0.39 is 0 Å². The number of carbonyl (C=O) groups is 1. The van der Waals surface area contributed by atoms with Gasteiger partial charge in [-0.2, -0.15) is 0 Å². The van der Waals surface area contributed by atoms with Crippen LogP contribution in [0.1, 0.15) is 6.92 Å². The van der Waals surface area contributed by atoms with Gasteiger partial charge in [0.2, 0.25) is 0 Å². The van der Waals surface area contributed by atoms with Crippen LogP contribution in [0.3, 0.4) is 0 Å². The molecule has 0 saturated carbocycles. The molecule has 0 radical (unpaired) electrons. The highest BCUT2D eigenvalue weighted by Crippen LogP contribution is 2.23. The Morgan fingerprint density at radius 2 is 2.14 bits per heavy atom. The Kier molecular flexibility index (Phi) is 4.52. The summed E-state index contributed by atoms with van der Waals surface area (Å²) in [5.41, 5.74) is 0.483. The highest BCUT2D eigenvalue weighted by molar-refractivity contribution is 8.14. The standard InChI is InChI=1S/C15H19FN4OS/c1-11-10-17-15(22-11)20-7-5-19(6-8-20)14(21)18-13-4-2-3-12(16)9-13/h2-4,9,11H,5-8,10H2,1H3,(H,18,21)/t11-/m1/s1. The molecule has 1 atom stereocenters. The molecule has 0 aromatic heterocycles. The van der Waals surface area contributed by atoms with Gasteiger partial charge in [-0.1, -0.05) is 24.8 Å². The number of hydrogen-bond donors (Lipinski definition) is 1. The van der Waals surface area contributed by atoms with Gasteiger partial charge in [-0.05, 0) is 18.2 Å². The maximum atomic E-state index is 13.1. The van der Waals surface area contributed by atoms with E-state index >= 15 is 0 Å². The minimum absolute atomic E-state index is 0.181. The number of amides is 2. The Bertz CT molecular complexity index is 587. The minimum atomic E-state index is -0.354. The fourth-order valence-corrected chi connectivity index (χ4v) is 3.49. The zero-order valence-corrected chi connectivity index (χ0v) is 13.3. The van der Waals surface area contributed by atoms with Crippen molar-refractivity contribution in [2.75, 3.05) is 38.0 Å². The molecular formula is C15H19FN4OS. The Morgan fingerprint density at radius 1 is 1.36 bits per heavy atom. The maximum Gasteiger partial charge on any atom is 0.321 e. The van der Waals surface area contributed by atoms with E-state index in [1.165, 1.54) is 12.1 Å². The van der Waals surface area contributed by atoms with E-state index in [0.717, 1.165) is 24.8 Å². The van der Waals surface area contributed by atoms with Gasteiger partial charge in [-0.15, -0.1) is 0 Å². The molecule has 5 nitrogen and oxygen atoms in total. The van der Waals surface area contributed by atoms with Gasteiger partial charge in [0, 0.05) is 37.1 Å². The van der Waals surface area contributed by atoms with E-state index in [4.69, 9.17) is 0 Å². The van der Waals surface area contributed by atoms with Crippen molar-refractivity contribution in [3.05, 3.63) is 30.1 Å². The van der Waals surface area contributed by atoms with Gasteiger partial charge in [0.15, 0.2) is 5.17 Å². The third kappa shape index (κ3) is 3.52. The Hall–Kier alpha value is -1.76. The molecule has 0 spiro atoms. The number of piperazine rings is 1. The van der Waals surface area contributed by atoms with Crippen molar-refractivity contribution in [2.24, 2.45) is 4.99 Å². The predicted octanol–water partition coefficient (Wildman–Crippen LogP) is 2.47. The van der Waals surface area contributed by atoms with Crippen molar-refractivity contribution in [2.45, 2.75) is 12.2 Å². The first-order chi connectivity index (χ1) is 10.6. The molecule has 1 aromatic rings. The van der Waals surface area contributed by atoms with E-state index in [9.17, 15) is 9.18 Å². The third-order valence-corrected chi connectivity index (χ3v) is 4.85. The molecule has 2 amide bonds. The van der Waals surface area contributed by atoms with Crippen LogP contribution in [0.15, 0.2) is 29.3 Å². The Labute approximate surface area is 133 Å². The van der Waals surface area contributed by atoms with Crippen LogP contribution in [0.4, 0.5) is 14.9 Å². The summed E-state index contributed by atoms with van der Waals surface area (Å²) >= 11 is 1.80. The first-order valence-electron chi connectivity index (χ1n) is 7.39. The number of thioether (sulfide) groups is 1. The summed E-state index contributed by atoms with van der Waals surface area (Å²) in [5.74, 6) is -0.354. The second kappa shape index (κ2) is 6.56. The van der Waals surface area contributed by atoms with E-state index in [0.29, 0.717) is 24.0 Å². The molecule has 2 heterocycles. The molecule has 1 aromatic carbocycles. The number of nitrogens with one attached hydrogen (secondary N) is 1. The first-order valence-corrected chi connectivity index (χ1v) is 8.27. The van der Waals surface area contributed by atoms with Crippen LogP contribution in [-0.2, 0) is 0 Å². The number of nitrogens with zero attached hydrogens (tertiary/aromatic N) is 3. The SMILES string of the molecule is C[C@@H]1CN=C(N2CCN(C(=O)Nc3cccc(F)c3)CC2)S1. The van der Waals surface area contributed by atoms with E-state index in [1.54, 1.807) is 28.8 Å². The molecule has 2 aliphatic rings. The number of rotatable bonds is 1. The normalized spacial score (nSPS) is 21.7. The lowest BCUT2D eigenvalue weighted by atomic mass is 10.3. The highest BCUT2D eigenvalue weighted by atomic mass is 32.2. The largest absolute Gasteiger partial charge is 0.348 e. The molecule has 1 saturated heterocycles. The maximum absolute atomic E-state index is 13.1. The summed E-state index contributed by atoms with van der Waals surface area (Å²) in [7, 11) is 0. The van der Waals surface area contributed by atoms with Crippen molar-refractivity contribution in [3.63, 3.8) is 0 Å². The van der Waals surface area contributed by atoms with Crippen molar-refractivity contribution in [1.29, 1.82) is 0 Å². The third-order valence-electron chi connectivity index (χ3n) is 3.70. The molecule has 1 fully saturated rings. The predicted molar refractivity (Wildman–Crippen MR) is 87.9 cm³/mol. The van der Waals surface area contributed by atoms with Crippen molar-refractivity contribution in [3.8, 4) is 0 Å². The van der Waals surface area contributed by atoms with Gasteiger partial charge in [0.25, 0.3) is 0 Å². The summed E-state index contributed by atoms with van der Waals surface area (Å²) in [5, 5.41) is 4.38. The quantitative estimate of drug-likeness (QED) is 0.864. The molecular weight excluding hydrogens is 303 g/mol. The van der Waals surface area contributed by atoms with E-state index in [1.807, 2.05) is 0 Å². The molecule has 0 aliphatic carbocycles. The summed E-state index contributed by atoms with van der Waals surface area (Å²) in [4.78, 5) is 20.7. The summed E-state index contributed by atoms with van der Waals surface area (Å²) in [6, 6.07) is 5.76. The van der Waals surface area contributed by atoms with E-state index in [-0.39, 0.29) is 11.8 Å². The number of halogens is 1. The number of aliphatic imine (C=N–C) groups is 1. The Morgan fingerprint density at radius 3 is 2.77 bits per heavy atom. The van der Waals surface area contributed by atoms with E-state index in [2.05, 4.69) is 22.1 Å². The highest BCUT2D eigenvalue weighted by Gasteiger charge is 2.26. The first kappa shape index (κ1) is 15.1. The average molecular weight is 322 g/mol. The zero-order chi connectivity index (χ0) is 15.5. The van der Waals surface area contributed by atoms with Gasteiger partial charge in [0.1, 0.15) is 5.82 Å². The van der Waals surface area contributed by atoms with Crippen molar-refractivity contribution in [1.82, 2.24) is 9.80 Å². The van der Waals surface area contributed by atoms with Crippen LogP contribution in [0.5, 0.6) is 0 Å². The molecule has 0 unspecified atom stereocenters. The van der Waals surface area contributed by atoms with Gasteiger partial charge >= 0.3 is 6.03 Å². The van der Waals surface area contributed by atoms with Crippen molar-refractivity contribution < 1.29 is 9.18 Å². The van der Waals surface area contributed by atoms with Gasteiger partial charge in [-0.25, -0.2) is 9.18 Å². The summed E-state index contributed by atoms with van der Waals surface area (Å²) in [6.45, 7) is 5.92. The topological polar surface area (TPSA) is 47.9 Å². The van der Waals surface area contributed by atoms with Crippen LogP contribution in [0.25, 0.3) is 0 Å². The summed E-state index contributed by atoms with van der Waals surface area (Å²) < 4.78 is 13.1. The number of hydrogen-bond acceptors (Lipinski definition) is 4. The van der Waals surface area contributed by atoms with Crippen LogP contribution >= 0.6 is 11.8 Å². The van der Waals surface area contributed by atoms with Crippen LogP contribution in [0.2, 0.25) is 0 Å². The van der Waals surface area contributed by atoms with Crippen molar-refractivity contribution >= 4 is 28.6 Å². The smallest absolute Gasteiger partial charge is 0.321 e. The second-order valence-corrected chi connectivity index (χ2v) is 6.87. The zero-order valence-electron chi connectivity index (χ0n) is 12.5. The molecule has 22 heavy (non-hydrogen) atoms. The molecule has 118 valence electrons.